The van der Waals surface area contributed by atoms with Gasteiger partial charge in [0.15, 0.2) is 5.96 Å². The van der Waals surface area contributed by atoms with Gasteiger partial charge in [-0.2, -0.15) is 0 Å². The topological polar surface area (TPSA) is 91.8 Å². The van der Waals surface area contributed by atoms with Crippen LogP contribution in [-0.2, 0) is 14.8 Å². The van der Waals surface area contributed by atoms with Crippen molar-refractivity contribution in [3.63, 3.8) is 0 Å². The zero-order chi connectivity index (χ0) is 19.8. The van der Waals surface area contributed by atoms with E-state index >= 15 is 0 Å². The molecule has 1 atom stereocenters. The number of rotatable bonds is 8. The first-order valence-electron chi connectivity index (χ1n) is 10.4. The number of nitrogens with zero attached hydrogens (tertiary/aromatic N) is 1. The lowest BCUT2D eigenvalue weighted by Crippen LogP contribution is -2.46. The van der Waals surface area contributed by atoms with Crippen molar-refractivity contribution in [3.05, 3.63) is 0 Å². The lowest BCUT2D eigenvalue weighted by atomic mass is 9.75. The second kappa shape index (κ2) is 10.6. The molecule has 0 amide bonds. The highest BCUT2D eigenvalue weighted by Crippen LogP contribution is 2.34. The Bertz CT molecular complexity index is 562. The maximum Gasteiger partial charge on any atom is 0.213 e. The summed E-state index contributed by atoms with van der Waals surface area (Å²) in [6, 6.07) is 0.411. The number of nitrogens with one attached hydrogen (secondary N) is 3. The van der Waals surface area contributed by atoms with Gasteiger partial charge in [-0.05, 0) is 57.3 Å². The van der Waals surface area contributed by atoms with E-state index in [0.29, 0.717) is 24.0 Å². The molecule has 27 heavy (non-hydrogen) atoms. The molecule has 1 aliphatic carbocycles. The first-order valence-corrected chi connectivity index (χ1v) is 12.1. The molecule has 0 spiro atoms. The fraction of sp³-hybridized carbons (Fsp3) is 0.947. The fourth-order valence-electron chi connectivity index (χ4n) is 3.60. The Hall–Kier alpha value is -0.860. The van der Waals surface area contributed by atoms with Crippen LogP contribution in [0.4, 0.5) is 0 Å². The number of aliphatic imine (C=N–C) groups is 1. The molecule has 0 aromatic carbocycles. The Balaban J connectivity index is 1.76. The Morgan fingerprint density at radius 2 is 1.93 bits per heavy atom. The minimum Gasteiger partial charge on any atom is -0.377 e. The monoisotopic (exact) mass is 402 g/mol. The standard InChI is InChI=1S/C19H38N4O3S/c1-4-20-18(23-16-8-10-19(2,3)11-9-16)21-12-14-27(24,25)22-15-17-7-5-6-13-26-17/h16-17,22H,4-15H2,1-3H3,(H2,20,21,23). The van der Waals surface area contributed by atoms with E-state index in [9.17, 15) is 8.42 Å². The maximum atomic E-state index is 12.2. The predicted octanol–water partition coefficient (Wildman–Crippen LogP) is 2.00. The van der Waals surface area contributed by atoms with Crippen LogP contribution < -0.4 is 15.4 Å². The van der Waals surface area contributed by atoms with Crippen LogP contribution in [0.25, 0.3) is 0 Å². The third-order valence-corrected chi connectivity index (χ3v) is 6.79. The van der Waals surface area contributed by atoms with E-state index < -0.39 is 10.0 Å². The van der Waals surface area contributed by atoms with Crippen molar-refractivity contribution in [3.8, 4) is 0 Å². The van der Waals surface area contributed by atoms with Crippen molar-refractivity contribution >= 4 is 16.0 Å². The van der Waals surface area contributed by atoms with Gasteiger partial charge in [0.1, 0.15) is 0 Å². The molecule has 1 saturated heterocycles. The Kier molecular flexibility index (Phi) is 8.82. The summed E-state index contributed by atoms with van der Waals surface area (Å²) in [6.07, 6.45) is 7.75. The van der Waals surface area contributed by atoms with E-state index in [0.717, 1.165) is 45.3 Å². The molecule has 2 fully saturated rings. The number of guanidine groups is 1. The van der Waals surface area contributed by atoms with E-state index in [4.69, 9.17) is 4.74 Å². The van der Waals surface area contributed by atoms with E-state index in [-0.39, 0.29) is 18.4 Å². The molecule has 1 saturated carbocycles. The molecular formula is C19H38N4O3S. The van der Waals surface area contributed by atoms with Gasteiger partial charge in [-0.1, -0.05) is 13.8 Å². The van der Waals surface area contributed by atoms with Crippen molar-refractivity contribution in [1.82, 2.24) is 15.4 Å². The number of hydrogen-bond donors (Lipinski definition) is 3. The van der Waals surface area contributed by atoms with Crippen LogP contribution in [0.2, 0.25) is 0 Å². The predicted molar refractivity (Wildman–Crippen MR) is 111 cm³/mol. The molecule has 2 rings (SSSR count). The van der Waals surface area contributed by atoms with E-state index in [2.05, 4.69) is 34.2 Å². The lowest BCUT2D eigenvalue weighted by Gasteiger charge is -2.35. The summed E-state index contributed by atoms with van der Waals surface area (Å²) in [5.74, 6) is 0.710. The highest BCUT2D eigenvalue weighted by atomic mass is 32.2. The molecule has 0 radical (unpaired) electrons. The highest BCUT2D eigenvalue weighted by molar-refractivity contribution is 7.89. The summed E-state index contributed by atoms with van der Waals surface area (Å²) in [5.41, 5.74) is 0.426. The van der Waals surface area contributed by atoms with Crippen molar-refractivity contribution in [2.45, 2.75) is 77.9 Å². The largest absolute Gasteiger partial charge is 0.377 e. The smallest absolute Gasteiger partial charge is 0.213 e. The van der Waals surface area contributed by atoms with Gasteiger partial charge in [0.05, 0.1) is 18.4 Å². The van der Waals surface area contributed by atoms with Gasteiger partial charge in [-0.3, -0.25) is 4.99 Å². The molecule has 3 N–H and O–H groups in total. The fourth-order valence-corrected chi connectivity index (χ4v) is 4.51. The zero-order valence-corrected chi connectivity index (χ0v) is 18.0. The average Bonchev–Trinajstić information content (AvgIpc) is 2.63. The van der Waals surface area contributed by atoms with Crippen molar-refractivity contribution in [2.75, 3.05) is 32.0 Å². The number of ether oxygens (including phenoxy) is 1. The van der Waals surface area contributed by atoms with Crippen molar-refractivity contribution in [1.29, 1.82) is 0 Å². The van der Waals surface area contributed by atoms with Gasteiger partial charge in [0, 0.05) is 25.7 Å². The summed E-state index contributed by atoms with van der Waals surface area (Å²) in [5, 5.41) is 6.69. The van der Waals surface area contributed by atoms with Gasteiger partial charge >= 0.3 is 0 Å². The van der Waals surface area contributed by atoms with Crippen LogP contribution in [-0.4, -0.2) is 58.5 Å². The van der Waals surface area contributed by atoms with Gasteiger partial charge < -0.3 is 15.4 Å². The van der Waals surface area contributed by atoms with Gasteiger partial charge in [-0.25, -0.2) is 13.1 Å². The van der Waals surface area contributed by atoms with Crippen LogP contribution in [0, 0.1) is 5.41 Å². The minimum atomic E-state index is -3.33. The van der Waals surface area contributed by atoms with Gasteiger partial charge in [0.25, 0.3) is 0 Å². The number of hydrogen-bond acceptors (Lipinski definition) is 4. The molecule has 1 unspecified atom stereocenters. The second-order valence-corrected chi connectivity index (χ2v) is 10.4. The third-order valence-electron chi connectivity index (χ3n) is 5.46. The summed E-state index contributed by atoms with van der Waals surface area (Å²) in [7, 11) is -3.33. The van der Waals surface area contributed by atoms with Gasteiger partial charge in [0.2, 0.25) is 10.0 Å². The van der Waals surface area contributed by atoms with Crippen LogP contribution in [0.15, 0.2) is 4.99 Å². The Morgan fingerprint density at radius 1 is 1.19 bits per heavy atom. The molecule has 158 valence electrons. The van der Waals surface area contributed by atoms with Crippen LogP contribution in [0.5, 0.6) is 0 Å². The molecule has 1 heterocycles. The lowest BCUT2D eigenvalue weighted by molar-refractivity contribution is 0.0200. The summed E-state index contributed by atoms with van der Waals surface area (Å²) >= 11 is 0. The van der Waals surface area contributed by atoms with Crippen LogP contribution >= 0.6 is 0 Å². The van der Waals surface area contributed by atoms with E-state index in [1.807, 2.05) is 6.92 Å². The SMILES string of the molecule is CCNC(=NCCS(=O)(=O)NCC1CCCCO1)NC1CCC(C)(C)CC1. The highest BCUT2D eigenvalue weighted by Gasteiger charge is 2.27. The van der Waals surface area contributed by atoms with Gasteiger partial charge in [-0.15, -0.1) is 0 Å². The quantitative estimate of drug-likeness (QED) is 0.427. The maximum absolute atomic E-state index is 12.2. The molecule has 0 aromatic rings. The minimum absolute atomic E-state index is 0.00596. The van der Waals surface area contributed by atoms with E-state index in [1.165, 1.54) is 12.8 Å². The van der Waals surface area contributed by atoms with E-state index in [1.54, 1.807) is 0 Å². The summed E-state index contributed by atoms with van der Waals surface area (Å²) in [4.78, 5) is 4.47. The Morgan fingerprint density at radius 3 is 2.56 bits per heavy atom. The van der Waals surface area contributed by atoms with Crippen LogP contribution in [0.1, 0.15) is 65.7 Å². The summed E-state index contributed by atoms with van der Waals surface area (Å²) < 4.78 is 32.6. The normalized spacial score (nSPS) is 24.6. The van der Waals surface area contributed by atoms with Crippen LogP contribution in [0.3, 0.4) is 0 Å². The molecular weight excluding hydrogens is 364 g/mol. The second-order valence-electron chi connectivity index (χ2n) is 8.50. The average molecular weight is 403 g/mol. The van der Waals surface area contributed by atoms with Crippen molar-refractivity contribution in [2.24, 2.45) is 10.4 Å². The molecule has 0 bridgehead atoms. The molecule has 2 aliphatic rings. The van der Waals surface area contributed by atoms with Crippen molar-refractivity contribution < 1.29 is 13.2 Å². The number of sulfonamides is 1. The zero-order valence-electron chi connectivity index (χ0n) is 17.2. The first-order chi connectivity index (χ1) is 12.8. The summed E-state index contributed by atoms with van der Waals surface area (Å²) in [6.45, 7) is 8.75. The molecule has 1 aliphatic heterocycles. The molecule has 8 heteroatoms. The molecule has 0 aromatic heterocycles. The third kappa shape index (κ3) is 8.79. The first kappa shape index (κ1) is 22.4. The Labute approximate surface area is 165 Å². The molecule has 7 nitrogen and oxygen atoms in total.